The minimum Gasteiger partial charge on any atom is -0.489 e. The highest BCUT2D eigenvalue weighted by Gasteiger charge is 2.16. The zero-order valence-electron chi connectivity index (χ0n) is 11.1. The summed E-state index contributed by atoms with van der Waals surface area (Å²) in [7, 11) is -1.52. The molecule has 0 spiro atoms. The molecule has 0 unspecified atom stereocenters. The van der Waals surface area contributed by atoms with Gasteiger partial charge in [-0.25, -0.2) is 0 Å². The first kappa shape index (κ1) is 13.7. The SMILES string of the molecule is Cc1ccc(C)c(COc2ccccc2B(O)O)c1. The molecule has 4 heteroatoms. The van der Waals surface area contributed by atoms with E-state index in [0.717, 1.165) is 11.1 Å². The van der Waals surface area contributed by atoms with E-state index in [4.69, 9.17) is 4.74 Å². The lowest BCUT2D eigenvalue weighted by molar-refractivity contribution is 0.306. The van der Waals surface area contributed by atoms with E-state index in [-0.39, 0.29) is 0 Å². The molecular formula is C15H17BO3. The minimum absolute atomic E-state index is 0.382. The predicted molar refractivity (Wildman–Crippen MR) is 76.5 cm³/mol. The molecule has 98 valence electrons. The second-order valence-corrected chi connectivity index (χ2v) is 4.63. The van der Waals surface area contributed by atoms with E-state index in [1.807, 2.05) is 19.9 Å². The fraction of sp³-hybridized carbons (Fsp3) is 0.200. The third kappa shape index (κ3) is 3.37. The van der Waals surface area contributed by atoms with E-state index >= 15 is 0 Å². The Kier molecular flexibility index (Phi) is 4.25. The van der Waals surface area contributed by atoms with Crippen molar-refractivity contribution < 1.29 is 14.8 Å². The number of aryl methyl sites for hydroxylation is 2. The van der Waals surface area contributed by atoms with Gasteiger partial charge < -0.3 is 14.8 Å². The van der Waals surface area contributed by atoms with Crippen LogP contribution < -0.4 is 10.2 Å². The summed E-state index contributed by atoms with van der Waals surface area (Å²) in [6.07, 6.45) is 0. The van der Waals surface area contributed by atoms with E-state index in [1.165, 1.54) is 5.56 Å². The molecule has 0 amide bonds. The molecule has 0 aliphatic carbocycles. The van der Waals surface area contributed by atoms with Crippen LogP contribution in [0.25, 0.3) is 0 Å². The van der Waals surface area contributed by atoms with Crippen molar-refractivity contribution in [1.82, 2.24) is 0 Å². The van der Waals surface area contributed by atoms with Crippen LogP contribution >= 0.6 is 0 Å². The van der Waals surface area contributed by atoms with Crippen LogP contribution in [0.4, 0.5) is 0 Å². The third-order valence-corrected chi connectivity index (χ3v) is 3.08. The van der Waals surface area contributed by atoms with Crippen LogP contribution in [0.1, 0.15) is 16.7 Å². The molecule has 0 bridgehead atoms. The van der Waals surface area contributed by atoms with Crippen molar-refractivity contribution in [3.05, 3.63) is 59.2 Å². The van der Waals surface area contributed by atoms with Crippen LogP contribution in [0, 0.1) is 13.8 Å². The second-order valence-electron chi connectivity index (χ2n) is 4.63. The van der Waals surface area contributed by atoms with Gasteiger partial charge in [0, 0.05) is 5.46 Å². The highest BCUT2D eigenvalue weighted by Crippen LogP contribution is 2.14. The number of ether oxygens (including phenoxy) is 1. The maximum atomic E-state index is 9.28. The number of para-hydroxylation sites is 1. The van der Waals surface area contributed by atoms with Crippen molar-refractivity contribution in [3.63, 3.8) is 0 Å². The summed E-state index contributed by atoms with van der Waals surface area (Å²) >= 11 is 0. The molecule has 0 saturated heterocycles. The predicted octanol–water partition coefficient (Wildman–Crippen LogP) is 1.56. The molecule has 2 aromatic carbocycles. The molecule has 2 rings (SSSR count). The van der Waals surface area contributed by atoms with Crippen LogP contribution in [0.3, 0.4) is 0 Å². The maximum absolute atomic E-state index is 9.28. The summed E-state index contributed by atoms with van der Waals surface area (Å²) in [5.41, 5.74) is 3.82. The molecule has 0 aromatic heterocycles. The highest BCUT2D eigenvalue weighted by atomic mass is 16.5. The summed E-state index contributed by atoms with van der Waals surface area (Å²) in [6, 6.07) is 13.1. The summed E-state index contributed by atoms with van der Waals surface area (Å²) < 4.78 is 5.70. The Labute approximate surface area is 113 Å². The van der Waals surface area contributed by atoms with E-state index in [0.29, 0.717) is 17.8 Å². The first-order valence-corrected chi connectivity index (χ1v) is 6.22. The monoisotopic (exact) mass is 256 g/mol. The number of benzene rings is 2. The molecule has 0 radical (unpaired) electrons. The van der Waals surface area contributed by atoms with Gasteiger partial charge in [-0.15, -0.1) is 0 Å². The normalized spacial score (nSPS) is 10.3. The van der Waals surface area contributed by atoms with Gasteiger partial charge in [-0.3, -0.25) is 0 Å². The molecule has 0 aliphatic heterocycles. The summed E-state index contributed by atoms with van der Waals surface area (Å²) in [4.78, 5) is 0. The average molecular weight is 256 g/mol. The molecule has 3 nitrogen and oxygen atoms in total. The lowest BCUT2D eigenvalue weighted by Gasteiger charge is -2.12. The fourth-order valence-corrected chi connectivity index (χ4v) is 1.94. The molecule has 0 heterocycles. The van der Waals surface area contributed by atoms with Crippen LogP contribution in [0.15, 0.2) is 42.5 Å². The molecular weight excluding hydrogens is 239 g/mol. The van der Waals surface area contributed by atoms with Crippen LogP contribution in [-0.2, 0) is 6.61 Å². The van der Waals surface area contributed by atoms with E-state index < -0.39 is 7.12 Å². The second kappa shape index (κ2) is 5.91. The zero-order chi connectivity index (χ0) is 13.8. The van der Waals surface area contributed by atoms with Gasteiger partial charge in [0.15, 0.2) is 0 Å². The van der Waals surface area contributed by atoms with Crippen molar-refractivity contribution >= 4 is 12.6 Å². The Hall–Kier alpha value is -1.78. The molecule has 0 atom stereocenters. The summed E-state index contributed by atoms with van der Waals surface area (Å²) in [5, 5.41) is 18.6. The summed E-state index contributed by atoms with van der Waals surface area (Å²) in [6.45, 7) is 4.48. The van der Waals surface area contributed by atoms with Crippen molar-refractivity contribution in [2.24, 2.45) is 0 Å². The standard InChI is InChI=1S/C15H17BO3/c1-11-7-8-12(2)13(9-11)10-19-15-6-4-3-5-14(15)16(17)18/h3-9,17-18H,10H2,1-2H3. The Balaban J connectivity index is 2.17. The molecule has 2 N–H and O–H groups in total. The summed E-state index contributed by atoms with van der Waals surface area (Å²) in [5.74, 6) is 0.499. The topological polar surface area (TPSA) is 49.7 Å². The third-order valence-electron chi connectivity index (χ3n) is 3.08. The molecule has 19 heavy (non-hydrogen) atoms. The van der Waals surface area contributed by atoms with Gasteiger partial charge in [0.25, 0.3) is 0 Å². The lowest BCUT2D eigenvalue weighted by atomic mass is 9.79. The van der Waals surface area contributed by atoms with Crippen molar-refractivity contribution in [1.29, 1.82) is 0 Å². The smallest absolute Gasteiger partial charge is 0.489 e. The maximum Gasteiger partial charge on any atom is 0.492 e. The van der Waals surface area contributed by atoms with Gasteiger partial charge in [0.05, 0.1) is 0 Å². The molecule has 0 fully saturated rings. The number of hydrogen-bond acceptors (Lipinski definition) is 3. The highest BCUT2D eigenvalue weighted by molar-refractivity contribution is 6.59. The molecule has 2 aromatic rings. The Morgan fingerprint density at radius 2 is 1.79 bits per heavy atom. The quantitative estimate of drug-likeness (QED) is 0.816. The molecule has 0 aliphatic rings. The van der Waals surface area contributed by atoms with Gasteiger partial charge in [0.2, 0.25) is 0 Å². The van der Waals surface area contributed by atoms with Crippen molar-refractivity contribution in [2.45, 2.75) is 20.5 Å². The van der Waals surface area contributed by atoms with Gasteiger partial charge >= 0.3 is 7.12 Å². The van der Waals surface area contributed by atoms with Gasteiger partial charge in [-0.2, -0.15) is 0 Å². The van der Waals surface area contributed by atoms with E-state index in [9.17, 15) is 10.0 Å². The average Bonchev–Trinajstić information content (AvgIpc) is 2.40. The Morgan fingerprint density at radius 3 is 2.53 bits per heavy atom. The number of hydrogen-bond donors (Lipinski definition) is 2. The first-order valence-electron chi connectivity index (χ1n) is 6.22. The van der Waals surface area contributed by atoms with Gasteiger partial charge in [0.1, 0.15) is 12.4 Å². The fourth-order valence-electron chi connectivity index (χ4n) is 1.94. The Morgan fingerprint density at radius 1 is 1.05 bits per heavy atom. The van der Waals surface area contributed by atoms with Crippen LogP contribution in [0.5, 0.6) is 5.75 Å². The van der Waals surface area contributed by atoms with Crippen LogP contribution in [0.2, 0.25) is 0 Å². The van der Waals surface area contributed by atoms with Crippen molar-refractivity contribution in [3.8, 4) is 5.75 Å². The minimum atomic E-state index is -1.52. The number of rotatable bonds is 4. The zero-order valence-corrected chi connectivity index (χ0v) is 11.1. The van der Waals surface area contributed by atoms with Crippen LogP contribution in [-0.4, -0.2) is 17.2 Å². The molecule has 0 saturated carbocycles. The Bertz CT molecular complexity index is 567. The van der Waals surface area contributed by atoms with Gasteiger partial charge in [-0.1, -0.05) is 42.0 Å². The van der Waals surface area contributed by atoms with Crippen molar-refractivity contribution in [2.75, 3.05) is 0 Å². The van der Waals surface area contributed by atoms with E-state index in [2.05, 4.69) is 18.2 Å². The van der Waals surface area contributed by atoms with E-state index in [1.54, 1.807) is 18.2 Å². The first-order chi connectivity index (χ1) is 9.08. The van der Waals surface area contributed by atoms with Gasteiger partial charge in [-0.05, 0) is 31.0 Å². The largest absolute Gasteiger partial charge is 0.492 e. The lowest BCUT2D eigenvalue weighted by Crippen LogP contribution is -2.31.